The summed E-state index contributed by atoms with van der Waals surface area (Å²) in [5.41, 5.74) is -0.288. The van der Waals surface area contributed by atoms with Gasteiger partial charge in [0, 0.05) is 23.7 Å². The maximum absolute atomic E-state index is 13.6. The highest BCUT2D eigenvalue weighted by Gasteiger charge is 2.72. The van der Waals surface area contributed by atoms with Gasteiger partial charge in [0.15, 0.2) is 11.9 Å². The quantitative estimate of drug-likeness (QED) is 0.359. The van der Waals surface area contributed by atoms with Crippen LogP contribution in [0, 0.1) is 56.2 Å². The fraction of sp³-hybridized carbons (Fsp3) is 0.906. The van der Waals surface area contributed by atoms with Gasteiger partial charge in [-0.2, -0.15) is 0 Å². The number of carbonyl (C=O) groups is 3. The van der Waals surface area contributed by atoms with E-state index in [0.717, 1.165) is 44.9 Å². The number of carbonyl (C=O) groups excluding carboxylic acids is 3. The smallest absolute Gasteiger partial charge is 0.303 e. The van der Waals surface area contributed by atoms with Crippen molar-refractivity contribution < 1.29 is 19.1 Å². The molecule has 5 aliphatic rings. The summed E-state index contributed by atoms with van der Waals surface area (Å²) in [6.07, 6.45) is 8.89. The van der Waals surface area contributed by atoms with E-state index in [9.17, 15) is 14.4 Å². The van der Waals surface area contributed by atoms with Gasteiger partial charge in [0.2, 0.25) is 0 Å². The molecule has 4 heteroatoms. The zero-order chi connectivity index (χ0) is 26.7. The molecule has 0 spiro atoms. The Labute approximate surface area is 219 Å². The maximum Gasteiger partial charge on any atom is 0.303 e. The van der Waals surface area contributed by atoms with Gasteiger partial charge in [-0.15, -0.1) is 0 Å². The van der Waals surface area contributed by atoms with Crippen molar-refractivity contribution >= 4 is 17.5 Å². The van der Waals surface area contributed by atoms with Crippen LogP contribution in [0.15, 0.2) is 0 Å². The number of ketones is 2. The average Bonchev–Trinajstić information content (AvgIpc) is 2.75. The van der Waals surface area contributed by atoms with E-state index in [0.29, 0.717) is 30.0 Å². The SMILES string of the molecule is CC(=O)OC1CC2(C)C(CCC3(C)C2CCC2C4(C)CCC(C)(C)C(=O)C4CCC23C)C(C)(C)C1=O. The molecule has 0 heterocycles. The van der Waals surface area contributed by atoms with Crippen LogP contribution in [0.4, 0.5) is 0 Å². The number of esters is 1. The predicted octanol–water partition coefficient (Wildman–Crippen LogP) is 7.18. The third-order valence-electron chi connectivity index (χ3n) is 13.7. The number of hydrogen-bond acceptors (Lipinski definition) is 4. The summed E-state index contributed by atoms with van der Waals surface area (Å²) in [5.74, 6) is 1.84. The lowest BCUT2D eigenvalue weighted by Gasteiger charge is -2.73. The lowest BCUT2D eigenvalue weighted by Crippen LogP contribution is -2.69. The largest absolute Gasteiger partial charge is 0.455 e. The van der Waals surface area contributed by atoms with Crippen LogP contribution in [-0.2, 0) is 19.1 Å². The molecular formula is C32H50O4. The first kappa shape index (κ1) is 26.4. The van der Waals surface area contributed by atoms with Crippen molar-refractivity contribution in [2.24, 2.45) is 56.2 Å². The van der Waals surface area contributed by atoms with Crippen molar-refractivity contribution in [2.45, 2.75) is 126 Å². The molecule has 36 heavy (non-hydrogen) atoms. The van der Waals surface area contributed by atoms with Gasteiger partial charge in [-0.25, -0.2) is 0 Å². The number of fused-ring (bicyclic) bond motifs is 7. The summed E-state index contributed by atoms with van der Waals surface area (Å²) in [6.45, 7) is 20.0. The molecule has 5 saturated carbocycles. The van der Waals surface area contributed by atoms with Crippen molar-refractivity contribution in [3.8, 4) is 0 Å². The third-order valence-corrected chi connectivity index (χ3v) is 13.7. The van der Waals surface area contributed by atoms with Crippen molar-refractivity contribution in [1.82, 2.24) is 0 Å². The Bertz CT molecular complexity index is 994. The Morgan fingerprint density at radius 3 is 1.83 bits per heavy atom. The van der Waals surface area contributed by atoms with E-state index < -0.39 is 11.5 Å². The topological polar surface area (TPSA) is 60.4 Å². The maximum atomic E-state index is 13.6. The lowest BCUT2D eigenvalue weighted by atomic mass is 9.30. The Morgan fingerprint density at radius 2 is 1.25 bits per heavy atom. The summed E-state index contributed by atoms with van der Waals surface area (Å²) in [4.78, 5) is 39.1. The highest BCUT2D eigenvalue weighted by Crippen LogP contribution is 2.77. The Balaban J connectivity index is 1.54. The Kier molecular flexibility index (Phi) is 5.64. The molecule has 0 aromatic heterocycles. The van der Waals surface area contributed by atoms with Gasteiger partial charge in [-0.05, 0) is 97.2 Å². The molecule has 0 saturated heterocycles. The lowest BCUT2D eigenvalue weighted by molar-refractivity contribution is -0.250. The second-order valence-electron chi connectivity index (χ2n) is 15.8. The molecule has 0 amide bonds. The number of hydrogen-bond donors (Lipinski definition) is 0. The van der Waals surface area contributed by atoms with Gasteiger partial charge >= 0.3 is 5.97 Å². The van der Waals surface area contributed by atoms with Crippen LogP contribution in [0.25, 0.3) is 0 Å². The van der Waals surface area contributed by atoms with E-state index >= 15 is 0 Å². The second kappa shape index (κ2) is 7.69. The minimum absolute atomic E-state index is 0.0410. The van der Waals surface area contributed by atoms with Crippen molar-refractivity contribution in [3.05, 3.63) is 0 Å². The van der Waals surface area contributed by atoms with Crippen LogP contribution >= 0.6 is 0 Å². The van der Waals surface area contributed by atoms with Gasteiger partial charge in [0.1, 0.15) is 5.78 Å². The Hall–Kier alpha value is -1.19. The molecule has 0 aromatic rings. The van der Waals surface area contributed by atoms with Gasteiger partial charge in [-0.3, -0.25) is 14.4 Å². The molecule has 202 valence electrons. The third kappa shape index (κ3) is 3.14. The minimum atomic E-state index is -0.627. The standard InChI is InChI=1S/C32H50O4/c1-19(33)36-21-18-30(7)22(28(4,5)26(21)35)13-15-32(9)24(30)11-10-23-29(6)17-16-27(2,3)25(34)20(29)12-14-31(23,32)8/h20-24H,10-18H2,1-9H3. The Morgan fingerprint density at radius 1 is 0.694 bits per heavy atom. The van der Waals surface area contributed by atoms with Gasteiger partial charge < -0.3 is 4.74 Å². The molecule has 0 bridgehead atoms. The zero-order valence-corrected chi connectivity index (χ0v) is 24.4. The average molecular weight is 499 g/mol. The van der Waals surface area contributed by atoms with Gasteiger partial charge in [-0.1, -0.05) is 55.4 Å². The molecule has 4 nitrogen and oxygen atoms in total. The molecule has 5 aliphatic carbocycles. The normalized spacial score (nSPS) is 51.3. The summed E-state index contributed by atoms with van der Waals surface area (Å²) in [5, 5.41) is 0. The monoisotopic (exact) mass is 498 g/mol. The predicted molar refractivity (Wildman–Crippen MR) is 141 cm³/mol. The first-order chi connectivity index (χ1) is 16.4. The highest BCUT2D eigenvalue weighted by atomic mass is 16.5. The van der Waals surface area contributed by atoms with Crippen LogP contribution in [0.3, 0.4) is 0 Å². The first-order valence-corrected chi connectivity index (χ1v) is 14.7. The fourth-order valence-electron chi connectivity index (χ4n) is 11.6. The highest BCUT2D eigenvalue weighted by molar-refractivity contribution is 5.91. The fourth-order valence-corrected chi connectivity index (χ4v) is 11.6. The van der Waals surface area contributed by atoms with Crippen LogP contribution in [0.5, 0.6) is 0 Å². The zero-order valence-electron chi connectivity index (χ0n) is 24.4. The summed E-state index contributed by atoms with van der Waals surface area (Å²) >= 11 is 0. The van der Waals surface area contributed by atoms with Crippen LogP contribution in [0.2, 0.25) is 0 Å². The molecule has 5 fully saturated rings. The minimum Gasteiger partial charge on any atom is -0.455 e. The second-order valence-corrected chi connectivity index (χ2v) is 15.8. The van der Waals surface area contributed by atoms with E-state index in [1.165, 1.54) is 13.3 Å². The molecule has 9 atom stereocenters. The molecule has 9 unspecified atom stereocenters. The summed E-state index contributed by atoms with van der Waals surface area (Å²) in [6, 6.07) is 0. The van der Waals surface area contributed by atoms with Crippen LogP contribution < -0.4 is 0 Å². The summed E-state index contributed by atoms with van der Waals surface area (Å²) in [7, 11) is 0. The number of Topliss-reactive ketones (excluding diaryl/α,β-unsaturated/α-hetero) is 2. The molecule has 5 rings (SSSR count). The first-order valence-electron chi connectivity index (χ1n) is 14.7. The molecule has 0 radical (unpaired) electrons. The van der Waals surface area contributed by atoms with Gasteiger partial charge in [0.05, 0.1) is 0 Å². The van der Waals surface area contributed by atoms with E-state index in [2.05, 4.69) is 55.4 Å². The van der Waals surface area contributed by atoms with Crippen LogP contribution in [-0.4, -0.2) is 23.6 Å². The van der Waals surface area contributed by atoms with Crippen molar-refractivity contribution in [2.75, 3.05) is 0 Å². The number of rotatable bonds is 1. The van der Waals surface area contributed by atoms with Crippen molar-refractivity contribution in [1.29, 1.82) is 0 Å². The van der Waals surface area contributed by atoms with E-state index in [4.69, 9.17) is 4.74 Å². The molecular weight excluding hydrogens is 448 g/mol. The van der Waals surface area contributed by atoms with E-state index in [1.54, 1.807) is 0 Å². The summed E-state index contributed by atoms with van der Waals surface area (Å²) < 4.78 is 5.69. The molecule has 0 N–H and O–H groups in total. The number of ether oxygens (including phenoxy) is 1. The van der Waals surface area contributed by atoms with Crippen molar-refractivity contribution in [3.63, 3.8) is 0 Å². The van der Waals surface area contributed by atoms with E-state index in [1.807, 2.05) is 0 Å². The van der Waals surface area contributed by atoms with Gasteiger partial charge in [0.25, 0.3) is 0 Å². The molecule has 0 aromatic carbocycles. The van der Waals surface area contributed by atoms with E-state index in [-0.39, 0.29) is 44.7 Å². The molecule has 0 aliphatic heterocycles. The van der Waals surface area contributed by atoms with Crippen LogP contribution in [0.1, 0.15) is 120 Å².